The number of aliphatic hydroxyl groups is 1. The molecule has 4 heteroatoms. The first-order valence-corrected chi connectivity index (χ1v) is 9.21. The lowest BCUT2D eigenvalue weighted by atomic mass is 9.81. The van der Waals surface area contributed by atoms with Gasteiger partial charge in [0.1, 0.15) is 11.5 Å². The van der Waals surface area contributed by atoms with Crippen LogP contribution < -0.4 is 4.74 Å². The van der Waals surface area contributed by atoms with Crippen molar-refractivity contribution in [3.63, 3.8) is 0 Å². The summed E-state index contributed by atoms with van der Waals surface area (Å²) in [6.07, 6.45) is 0. The average molecular weight is 446 g/mol. The van der Waals surface area contributed by atoms with E-state index in [1.54, 1.807) is 0 Å². The van der Waals surface area contributed by atoms with Crippen molar-refractivity contribution < 1.29 is 9.84 Å². The van der Waals surface area contributed by atoms with Gasteiger partial charge >= 0.3 is 0 Å². The maximum absolute atomic E-state index is 9.79. The normalized spacial score (nSPS) is 13.1. The Kier molecular flexibility index (Phi) is 4.21. The minimum atomic E-state index is 0.0191. The molecule has 1 N–H and O–H groups in total. The number of aliphatic hydroxyl groups excluding tert-OH is 1. The second kappa shape index (κ2) is 6.36. The van der Waals surface area contributed by atoms with Crippen LogP contribution >= 0.6 is 31.9 Å². The Bertz CT molecular complexity index is 870. The van der Waals surface area contributed by atoms with Crippen LogP contribution in [0.15, 0.2) is 69.6 Å². The van der Waals surface area contributed by atoms with Crippen molar-refractivity contribution in [3.8, 4) is 11.5 Å². The summed E-state index contributed by atoms with van der Waals surface area (Å²) in [5.74, 6) is 1.72. The first-order chi connectivity index (χ1) is 11.7. The predicted molar refractivity (Wildman–Crippen MR) is 102 cm³/mol. The first kappa shape index (κ1) is 15.9. The molecule has 0 aromatic heterocycles. The maximum Gasteiger partial charge on any atom is 0.132 e. The summed E-state index contributed by atoms with van der Waals surface area (Å²) in [5.41, 5.74) is 4.26. The van der Waals surface area contributed by atoms with E-state index < -0.39 is 0 Å². The number of hydrogen-bond donors (Lipinski definition) is 1. The highest BCUT2D eigenvalue weighted by atomic mass is 79.9. The highest BCUT2D eigenvalue weighted by Crippen LogP contribution is 2.49. The second-order valence-electron chi connectivity index (χ2n) is 5.76. The van der Waals surface area contributed by atoms with E-state index >= 15 is 0 Å². The molecule has 0 saturated heterocycles. The lowest BCUT2D eigenvalue weighted by Crippen LogP contribution is -2.13. The molecule has 0 bridgehead atoms. The van der Waals surface area contributed by atoms with Gasteiger partial charge in [0.05, 0.1) is 6.61 Å². The third-order valence-electron chi connectivity index (χ3n) is 4.33. The van der Waals surface area contributed by atoms with Gasteiger partial charge in [-0.3, -0.25) is 0 Å². The zero-order valence-electron chi connectivity index (χ0n) is 12.7. The Hall–Kier alpha value is -1.62. The van der Waals surface area contributed by atoms with E-state index in [4.69, 9.17) is 4.74 Å². The zero-order chi connectivity index (χ0) is 16.7. The van der Waals surface area contributed by atoms with Crippen molar-refractivity contribution in [2.75, 3.05) is 0 Å². The summed E-state index contributed by atoms with van der Waals surface area (Å²) in [5, 5.41) is 9.79. The number of ether oxygens (including phenoxy) is 1. The zero-order valence-corrected chi connectivity index (χ0v) is 15.8. The molecule has 120 valence electrons. The third-order valence-corrected chi connectivity index (χ3v) is 5.32. The summed E-state index contributed by atoms with van der Waals surface area (Å²) < 4.78 is 8.10. The number of hydrogen-bond acceptors (Lipinski definition) is 2. The van der Waals surface area contributed by atoms with Crippen molar-refractivity contribution in [2.45, 2.75) is 12.5 Å². The van der Waals surface area contributed by atoms with Crippen LogP contribution in [-0.2, 0) is 6.61 Å². The lowest BCUT2D eigenvalue weighted by Gasteiger charge is -2.30. The molecule has 1 aliphatic rings. The molecule has 3 aromatic rings. The quantitative estimate of drug-likeness (QED) is 0.410. The van der Waals surface area contributed by atoms with Crippen LogP contribution in [0.5, 0.6) is 11.5 Å². The van der Waals surface area contributed by atoms with E-state index in [0.717, 1.165) is 42.7 Å². The van der Waals surface area contributed by atoms with E-state index in [1.165, 1.54) is 0 Å². The van der Waals surface area contributed by atoms with Crippen LogP contribution in [0.4, 0.5) is 0 Å². The van der Waals surface area contributed by atoms with Gasteiger partial charge in [0, 0.05) is 26.0 Å². The van der Waals surface area contributed by atoms with Gasteiger partial charge in [-0.1, -0.05) is 68.3 Å². The molecule has 0 unspecified atom stereocenters. The molecule has 0 saturated carbocycles. The van der Waals surface area contributed by atoms with Gasteiger partial charge in [0.15, 0.2) is 0 Å². The fourth-order valence-corrected chi connectivity index (χ4v) is 3.93. The fourth-order valence-electron chi connectivity index (χ4n) is 3.25. The van der Waals surface area contributed by atoms with Crippen molar-refractivity contribution in [3.05, 3.63) is 91.9 Å². The molecule has 0 fully saturated rings. The molecule has 0 atom stereocenters. The Labute approximate surface area is 157 Å². The van der Waals surface area contributed by atoms with Crippen LogP contribution in [0.3, 0.4) is 0 Å². The van der Waals surface area contributed by atoms with Gasteiger partial charge < -0.3 is 9.84 Å². The number of rotatable bonds is 2. The molecular formula is C20H14Br2O2. The maximum atomic E-state index is 9.79. The summed E-state index contributed by atoms with van der Waals surface area (Å²) in [4.78, 5) is 0. The largest absolute Gasteiger partial charge is 0.457 e. The summed E-state index contributed by atoms with van der Waals surface area (Å²) in [6.45, 7) is 0.0191. The number of benzene rings is 3. The first-order valence-electron chi connectivity index (χ1n) is 7.63. The van der Waals surface area contributed by atoms with Crippen molar-refractivity contribution >= 4 is 31.9 Å². The molecular weight excluding hydrogens is 432 g/mol. The highest BCUT2D eigenvalue weighted by molar-refractivity contribution is 9.10. The number of halogens is 2. The molecule has 0 radical (unpaired) electrons. The molecule has 0 amide bonds. The molecule has 2 nitrogen and oxygen atoms in total. The molecule has 0 spiro atoms. The molecule has 3 aromatic carbocycles. The van der Waals surface area contributed by atoms with E-state index in [9.17, 15) is 5.11 Å². The van der Waals surface area contributed by atoms with Crippen LogP contribution in [-0.4, -0.2) is 5.11 Å². The third kappa shape index (κ3) is 2.69. The molecule has 24 heavy (non-hydrogen) atoms. The smallest absolute Gasteiger partial charge is 0.132 e. The molecule has 1 heterocycles. The van der Waals surface area contributed by atoms with Crippen molar-refractivity contribution in [1.82, 2.24) is 0 Å². The molecule has 0 aliphatic carbocycles. The Morgan fingerprint density at radius 1 is 0.792 bits per heavy atom. The van der Waals surface area contributed by atoms with E-state index in [1.807, 2.05) is 42.5 Å². The minimum Gasteiger partial charge on any atom is -0.457 e. The summed E-state index contributed by atoms with van der Waals surface area (Å²) in [6, 6.07) is 20.2. The second-order valence-corrected chi connectivity index (χ2v) is 7.59. The van der Waals surface area contributed by atoms with Gasteiger partial charge in [-0.2, -0.15) is 0 Å². The van der Waals surface area contributed by atoms with Crippen molar-refractivity contribution in [2.24, 2.45) is 0 Å². The minimum absolute atomic E-state index is 0.0191. The Morgan fingerprint density at radius 2 is 1.38 bits per heavy atom. The van der Waals surface area contributed by atoms with E-state index in [-0.39, 0.29) is 12.5 Å². The van der Waals surface area contributed by atoms with Crippen LogP contribution in [0.25, 0.3) is 0 Å². The summed E-state index contributed by atoms with van der Waals surface area (Å²) >= 11 is 7.04. The molecule has 1 aliphatic heterocycles. The fraction of sp³-hybridized carbons (Fsp3) is 0.100. The lowest BCUT2D eigenvalue weighted by molar-refractivity contribution is 0.280. The Balaban J connectivity index is 1.99. The van der Waals surface area contributed by atoms with Crippen LogP contribution in [0.1, 0.15) is 28.2 Å². The highest BCUT2D eigenvalue weighted by Gasteiger charge is 2.30. The Morgan fingerprint density at radius 3 is 1.96 bits per heavy atom. The van der Waals surface area contributed by atoms with Gasteiger partial charge in [0.2, 0.25) is 0 Å². The van der Waals surface area contributed by atoms with Gasteiger partial charge in [0.25, 0.3) is 0 Å². The van der Waals surface area contributed by atoms with E-state index in [0.29, 0.717) is 0 Å². The van der Waals surface area contributed by atoms with Gasteiger partial charge in [-0.25, -0.2) is 0 Å². The van der Waals surface area contributed by atoms with Gasteiger partial charge in [-0.05, 0) is 35.4 Å². The standard InChI is InChI=1S/C20H14Br2O2/c21-13-5-7-16-18(9-13)24-19-10-14(22)6-8-17(19)20(16)15-4-2-1-3-12(15)11-23/h1-10,20,23H,11H2. The predicted octanol–water partition coefficient (Wildman–Crippen LogP) is 5.99. The van der Waals surface area contributed by atoms with Crippen LogP contribution in [0, 0.1) is 0 Å². The van der Waals surface area contributed by atoms with Crippen molar-refractivity contribution in [1.29, 1.82) is 0 Å². The molecule has 4 rings (SSSR count). The average Bonchev–Trinajstić information content (AvgIpc) is 2.59. The summed E-state index contributed by atoms with van der Waals surface area (Å²) in [7, 11) is 0. The monoisotopic (exact) mass is 444 g/mol. The van der Waals surface area contributed by atoms with E-state index in [2.05, 4.69) is 50.1 Å². The SMILES string of the molecule is OCc1ccccc1C1c2ccc(Br)cc2Oc2cc(Br)ccc21. The topological polar surface area (TPSA) is 29.5 Å². The van der Waals surface area contributed by atoms with Gasteiger partial charge in [-0.15, -0.1) is 0 Å². The number of fused-ring (bicyclic) bond motifs is 2. The van der Waals surface area contributed by atoms with Crippen LogP contribution in [0.2, 0.25) is 0 Å².